The van der Waals surface area contributed by atoms with Gasteiger partial charge in [-0.25, -0.2) is 4.79 Å². The summed E-state index contributed by atoms with van der Waals surface area (Å²) >= 11 is 0. The standard InChI is InChI=1S/C13H27N3O/c1-5-14-10-8-6-7-9-11(10)15-12(17)16-13(2,3)4/h10-11,14H,5-9H2,1-4H3,(H2,15,16,17)/t10-,11?/m1/s1. The van der Waals surface area contributed by atoms with Gasteiger partial charge in [0.05, 0.1) is 0 Å². The van der Waals surface area contributed by atoms with E-state index >= 15 is 0 Å². The van der Waals surface area contributed by atoms with Crippen LogP contribution < -0.4 is 16.0 Å². The molecule has 0 bridgehead atoms. The molecule has 1 unspecified atom stereocenters. The summed E-state index contributed by atoms with van der Waals surface area (Å²) in [6, 6.07) is 0.651. The molecule has 0 aromatic heterocycles. The van der Waals surface area contributed by atoms with E-state index in [1.807, 2.05) is 20.8 Å². The Morgan fingerprint density at radius 3 is 2.29 bits per heavy atom. The Bertz CT molecular complexity index is 246. The van der Waals surface area contributed by atoms with Crippen molar-refractivity contribution in [3.63, 3.8) is 0 Å². The fourth-order valence-electron chi connectivity index (χ4n) is 2.36. The van der Waals surface area contributed by atoms with E-state index in [0.717, 1.165) is 19.4 Å². The van der Waals surface area contributed by atoms with Gasteiger partial charge in [-0.1, -0.05) is 19.8 Å². The predicted octanol–water partition coefficient (Wildman–Crippen LogP) is 2.00. The first-order valence-corrected chi connectivity index (χ1v) is 6.74. The van der Waals surface area contributed by atoms with E-state index in [-0.39, 0.29) is 17.6 Å². The molecule has 4 heteroatoms. The second-order valence-corrected chi connectivity index (χ2v) is 5.90. The van der Waals surface area contributed by atoms with Crippen molar-refractivity contribution in [3.05, 3.63) is 0 Å². The largest absolute Gasteiger partial charge is 0.334 e. The van der Waals surface area contributed by atoms with Gasteiger partial charge in [0.2, 0.25) is 0 Å². The van der Waals surface area contributed by atoms with Crippen LogP contribution in [0.1, 0.15) is 53.4 Å². The lowest BCUT2D eigenvalue weighted by Gasteiger charge is -2.33. The summed E-state index contributed by atoms with van der Waals surface area (Å²) in [7, 11) is 0. The Morgan fingerprint density at radius 2 is 1.76 bits per heavy atom. The molecule has 0 heterocycles. The van der Waals surface area contributed by atoms with Gasteiger partial charge in [-0.15, -0.1) is 0 Å². The Kier molecular flexibility index (Phi) is 5.25. The van der Waals surface area contributed by atoms with Crippen LogP contribution in [0.5, 0.6) is 0 Å². The van der Waals surface area contributed by atoms with Crippen molar-refractivity contribution in [1.82, 2.24) is 16.0 Å². The van der Waals surface area contributed by atoms with E-state index in [1.165, 1.54) is 12.8 Å². The number of hydrogen-bond donors (Lipinski definition) is 3. The number of amides is 2. The van der Waals surface area contributed by atoms with Crippen LogP contribution in [0.2, 0.25) is 0 Å². The van der Waals surface area contributed by atoms with Crippen LogP contribution in [0.3, 0.4) is 0 Å². The second kappa shape index (κ2) is 6.24. The molecule has 3 N–H and O–H groups in total. The van der Waals surface area contributed by atoms with E-state index in [2.05, 4.69) is 22.9 Å². The van der Waals surface area contributed by atoms with Crippen molar-refractivity contribution in [1.29, 1.82) is 0 Å². The van der Waals surface area contributed by atoms with E-state index in [1.54, 1.807) is 0 Å². The van der Waals surface area contributed by atoms with Gasteiger partial charge < -0.3 is 16.0 Å². The highest BCUT2D eigenvalue weighted by Crippen LogP contribution is 2.18. The minimum Gasteiger partial charge on any atom is -0.334 e. The first kappa shape index (κ1) is 14.3. The highest BCUT2D eigenvalue weighted by atomic mass is 16.2. The van der Waals surface area contributed by atoms with Gasteiger partial charge in [0.1, 0.15) is 0 Å². The van der Waals surface area contributed by atoms with Crippen LogP contribution in [0, 0.1) is 0 Å². The van der Waals surface area contributed by atoms with Gasteiger partial charge in [0, 0.05) is 17.6 Å². The third-order valence-corrected chi connectivity index (χ3v) is 3.04. The lowest BCUT2D eigenvalue weighted by Crippen LogP contribution is -2.56. The summed E-state index contributed by atoms with van der Waals surface area (Å²) < 4.78 is 0. The lowest BCUT2D eigenvalue weighted by atomic mass is 9.90. The maximum Gasteiger partial charge on any atom is 0.315 e. The van der Waals surface area contributed by atoms with Gasteiger partial charge in [-0.2, -0.15) is 0 Å². The minimum atomic E-state index is -0.174. The van der Waals surface area contributed by atoms with Crippen molar-refractivity contribution < 1.29 is 4.79 Å². The molecule has 17 heavy (non-hydrogen) atoms. The molecule has 100 valence electrons. The van der Waals surface area contributed by atoms with E-state index in [9.17, 15) is 4.79 Å². The molecule has 0 radical (unpaired) electrons. The zero-order valence-corrected chi connectivity index (χ0v) is 11.6. The average molecular weight is 241 g/mol. The fourth-order valence-corrected chi connectivity index (χ4v) is 2.36. The molecule has 1 fully saturated rings. The smallest absolute Gasteiger partial charge is 0.315 e. The summed E-state index contributed by atoms with van der Waals surface area (Å²) in [5, 5.41) is 9.51. The summed E-state index contributed by atoms with van der Waals surface area (Å²) in [5.74, 6) is 0. The molecule has 2 atom stereocenters. The number of rotatable bonds is 3. The molecule has 0 aliphatic heterocycles. The lowest BCUT2D eigenvalue weighted by molar-refractivity contribution is 0.216. The van der Waals surface area contributed by atoms with Crippen LogP contribution in [0.15, 0.2) is 0 Å². The topological polar surface area (TPSA) is 53.2 Å². The van der Waals surface area contributed by atoms with Crippen LogP contribution >= 0.6 is 0 Å². The molecular weight excluding hydrogens is 214 g/mol. The summed E-state index contributed by atoms with van der Waals surface area (Å²) in [5.41, 5.74) is -0.174. The molecule has 0 spiro atoms. The summed E-state index contributed by atoms with van der Waals surface area (Å²) in [4.78, 5) is 11.8. The molecule has 1 saturated carbocycles. The predicted molar refractivity (Wildman–Crippen MR) is 71.1 cm³/mol. The normalized spacial score (nSPS) is 25.4. The first-order valence-electron chi connectivity index (χ1n) is 6.74. The SMILES string of the molecule is CCN[C@@H]1CCCCC1NC(=O)NC(C)(C)C. The molecule has 0 aromatic carbocycles. The van der Waals surface area contributed by atoms with Gasteiger partial charge >= 0.3 is 6.03 Å². The Morgan fingerprint density at radius 1 is 1.18 bits per heavy atom. The van der Waals surface area contributed by atoms with Crippen LogP contribution in [-0.2, 0) is 0 Å². The van der Waals surface area contributed by atoms with Gasteiger partial charge in [0.15, 0.2) is 0 Å². The van der Waals surface area contributed by atoms with Crippen molar-refractivity contribution in [2.45, 2.75) is 71.0 Å². The highest BCUT2D eigenvalue weighted by molar-refractivity contribution is 5.75. The molecule has 1 aliphatic rings. The molecule has 1 rings (SSSR count). The van der Waals surface area contributed by atoms with E-state index in [4.69, 9.17) is 0 Å². The average Bonchev–Trinajstić information content (AvgIpc) is 2.18. The monoisotopic (exact) mass is 241 g/mol. The van der Waals surface area contributed by atoms with Crippen molar-refractivity contribution in [2.24, 2.45) is 0 Å². The van der Waals surface area contributed by atoms with Crippen LogP contribution in [-0.4, -0.2) is 30.2 Å². The number of likely N-dealkylation sites (N-methyl/N-ethyl adjacent to an activating group) is 1. The second-order valence-electron chi connectivity index (χ2n) is 5.90. The Labute approximate surface area is 105 Å². The summed E-state index contributed by atoms with van der Waals surface area (Å²) in [6.45, 7) is 9.06. The molecule has 1 aliphatic carbocycles. The third-order valence-electron chi connectivity index (χ3n) is 3.04. The molecule has 0 aromatic rings. The third kappa shape index (κ3) is 5.39. The van der Waals surface area contributed by atoms with E-state index in [0.29, 0.717) is 6.04 Å². The van der Waals surface area contributed by atoms with Gasteiger partial charge in [-0.3, -0.25) is 0 Å². The maximum atomic E-state index is 11.8. The zero-order chi connectivity index (χ0) is 12.9. The fraction of sp³-hybridized carbons (Fsp3) is 0.923. The molecule has 2 amide bonds. The minimum absolute atomic E-state index is 0.0488. The van der Waals surface area contributed by atoms with Crippen molar-refractivity contribution in [2.75, 3.05) is 6.54 Å². The number of carbonyl (C=O) groups excluding carboxylic acids is 1. The molecule has 4 nitrogen and oxygen atoms in total. The number of hydrogen-bond acceptors (Lipinski definition) is 2. The highest BCUT2D eigenvalue weighted by Gasteiger charge is 2.26. The summed E-state index contributed by atoms with van der Waals surface area (Å²) in [6.07, 6.45) is 4.71. The number of carbonyl (C=O) groups is 1. The van der Waals surface area contributed by atoms with Gasteiger partial charge in [0.25, 0.3) is 0 Å². The quantitative estimate of drug-likeness (QED) is 0.708. The Balaban J connectivity index is 2.44. The van der Waals surface area contributed by atoms with Gasteiger partial charge in [-0.05, 0) is 40.2 Å². The van der Waals surface area contributed by atoms with Crippen molar-refractivity contribution in [3.8, 4) is 0 Å². The zero-order valence-electron chi connectivity index (χ0n) is 11.6. The molecular formula is C13H27N3O. The number of urea groups is 1. The van der Waals surface area contributed by atoms with E-state index < -0.39 is 0 Å². The molecule has 0 saturated heterocycles. The number of nitrogens with one attached hydrogen (secondary N) is 3. The maximum absolute atomic E-state index is 11.8. The Hall–Kier alpha value is -0.770. The van der Waals surface area contributed by atoms with Crippen LogP contribution in [0.25, 0.3) is 0 Å². The van der Waals surface area contributed by atoms with Crippen LogP contribution in [0.4, 0.5) is 4.79 Å². The van der Waals surface area contributed by atoms with Crippen molar-refractivity contribution >= 4 is 6.03 Å². The first-order chi connectivity index (χ1) is 7.92.